The molecule has 1 spiro atoms. The van der Waals surface area contributed by atoms with Crippen LogP contribution in [0.15, 0.2) is 51.6 Å². The van der Waals surface area contributed by atoms with Crippen LogP contribution < -0.4 is 11.4 Å². The number of aromatic nitrogens is 3. The SMILES string of the molecule is O=c1n(-c2ccccc2)c(=O)n2n1[C@]1(F)C(F)=C(F)[C@@]2(F)C12CO2. The zero-order valence-corrected chi connectivity index (χ0v) is 11.7. The van der Waals surface area contributed by atoms with Crippen molar-refractivity contribution in [3.8, 4) is 5.69 Å². The van der Waals surface area contributed by atoms with Crippen LogP contribution in [0.25, 0.3) is 5.69 Å². The standard InChI is InChI=1S/C14H7F4N3O3/c15-8-9(16)14(18)12(6-24-12)13(8,17)20-10(22)19(11(23)21(14)20)7-4-2-1-3-5-7/h1-5H,6H2/t12?,13-,14+. The number of benzene rings is 1. The molecule has 10 heteroatoms. The summed E-state index contributed by atoms with van der Waals surface area (Å²) in [5.41, 5.74) is -5.24. The lowest BCUT2D eigenvalue weighted by atomic mass is 9.97. The molecular weight excluding hydrogens is 334 g/mol. The number of rotatable bonds is 1. The predicted molar refractivity (Wildman–Crippen MR) is 70.4 cm³/mol. The van der Waals surface area contributed by atoms with Crippen LogP contribution in [-0.4, -0.2) is 26.1 Å². The van der Waals surface area contributed by atoms with E-state index in [9.17, 15) is 18.4 Å². The van der Waals surface area contributed by atoms with E-state index in [0.717, 1.165) is 0 Å². The molecule has 1 saturated heterocycles. The maximum Gasteiger partial charge on any atom is 0.355 e. The van der Waals surface area contributed by atoms with Gasteiger partial charge in [-0.2, -0.15) is 9.36 Å². The molecule has 24 heavy (non-hydrogen) atoms. The lowest BCUT2D eigenvalue weighted by Crippen LogP contribution is -2.47. The Labute approximate surface area is 129 Å². The molecule has 0 saturated carbocycles. The first-order valence-electron chi connectivity index (χ1n) is 6.94. The summed E-state index contributed by atoms with van der Waals surface area (Å²) in [7, 11) is 0. The van der Waals surface area contributed by atoms with Gasteiger partial charge < -0.3 is 4.74 Å². The Balaban J connectivity index is 1.93. The van der Waals surface area contributed by atoms with Gasteiger partial charge in [0.2, 0.25) is 5.60 Å². The summed E-state index contributed by atoms with van der Waals surface area (Å²) in [6.07, 6.45) is 0. The highest BCUT2D eigenvalue weighted by Gasteiger charge is 2.91. The van der Waals surface area contributed by atoms with E-state index in [2.05, 4.69) is 4.74 Å². The largest absolute Gasteiger partial charge is 0.358 e. The molecule has 6 nitrogen and oxygen atoms in total. The molecular formula is C14H7F4N3O3. The van der Waals surface area contributed by atoms with Crippen LogP contribution in [0.4, 0.5) is 17.6 Å². The molecule has 1 unspecified atom stereocenters. The van der Waals surface area contributed by atoms with Crippen molar-refractivity contribution in [2.75, 3.05) is 6.61 Å². The second kappa shape index (κ2) is 3.56. The van der Waals surface area contributed by atoms with Crippen molar-refractivity contribution in [3.63, 3.8) is 0 Å². The number of halogens is 4. The van der Waals surface area contributed by atoms with Crippen molar-refractivity contribution >= 4 is 0 Å². The van der Waals surface area contributed by atoms with E-state index in [4.69, 9.17) is 0 Å². The van der Waals surface area contributed by atoms with Crippen LogP contribution in [0, 0.1) is 0 Å². The molecule has 0 amide bonds. The van der Waals surface area contributed by atoms with E-state index in [0.29, 0.717) is 4.57 Å². The summed E-state index contributed by atoms with van der Waals surface area (Å²) in [6, 6.07) is 7.27. The van der Waals surface area contributed by atoms with Crippen molar-refractivity contribution in [3.05, 3.63) is 63.0 Å². The lowest BCUT2D eigenvalue weighted by Gasteiger charge is -2.18. The van der Waals surface area contributed by atoms with Gasteiger partial charge in [0, 0.05) is 0 Å². The fourth-order valence-electron chi connectivity index (χ4n) is 3.63. The molecule has 3 aliphatic rings. The fourth-order valence-corrected chi connectivity index (χ4v) is 3.63. The third-order valence-corrected chi connectivity index (χ3v) is 4.82. The lowest BCUT2D eigenvalue weighted by molar-refractivity contribution is -0.0314. The van der Waals surface area contributed by atoms with Crippen molar-refractivity contribution in [2.45, 2.75) is 17.2 Å². The Hall–Kier alpha value is -2.62. The van der Waals surface area contributed by atoms with Gasteiger partial charge in [-0.05, 0) is 12.1 Å². The molecule has 0 radical (unpaired) electrons. The van der Waals surface area contributed by atoms with Crippen molar-refractivity contribution in [2.24, 2.45) is 0 Å². The number of ether oxygens (including phenoxy) is 1. The normalized spacial score (nSPS) is 35.8. The fraction of sp³-hybridized carbons (Fsp3) is 0.286. The van der Waals surface area contributed by atoms with Crippen molar-refractivity contribution in [1.82, 2.24) is 13.9 Å². The quantitative estimate of drug-likeness (QED) is 0.574. The Kier molecular flexibility index (Phi) is 2.04. The molecule has 1 aliphatic carbocycles. The monoisotopic (exact) mass is 341 g/mol. The van der Waals surface area contributed by atoms with E-state index >= 15 is 8.78 Å². The molecule has 3 heterocycles. The summed E-state index contributed by atoms with van der Waals surface area (Å²) in [5, 5.41) is 0. The maximum atomic E-state index is 15.3. The third kappa shape index (κ3) is 1.01. The van der Waals surface area contributed by atoms with E-state index in [1.54, 1.807) is 6.07 Å². The number of epoxide rings is 1. The Morgan fingerprint density at radius 2 is 1.38 bits per heavy atom. The Morgan fingerprint density at radius 1 is 0.917 bits per heavy atom. The molecule has 5 rings (SSSR count). The summed E-state index contributed by atoms with van der Waals surface area (Å²) in [5.74, 6) is -11.3. The van der Waals surface area contributed by atoms with Crippen molar-refractivity contribution in [1.29, 1.82) is 0 Å². The highest BCUT2D eigenvalue weighted by Crippen LogP contribution is 2.70. The van der Waals surface area contributed by atoms with Gasteiger partial charge in [-0.1, -0.05) is 18.2 Å². The number of hydrogen-bond donors (Lipinski definition) is 0. The summed E-state index contributed by atoms with van der Waals surface area (Å²) in [4.78, 5) is 25.0. The highest BCUT2D eigenvalue weighted by molar-refractivity contribution is 5.44. The van der Waals surface area contributed by atoms with Gasteiger partial charge in [0.1, 0.15) is 0 Å². The van der Waals surface area contributed by atoms with E-state index < -0.39 is 46.8 Å². The number of alkyl halides is 2. The minimum atomic E-state index is -3.54. The van der Waals surface area contributed by atoms with Crippen LogP contribution >= 0.6 is 0 Å². The van der Waals surface area contributed by atoms with Gasteiger partial charge in [-0.15, -0.1) is 0 Å². The molecule has 0 N–H and O–H groups in total. The van der Waals surface area contributed by atoms with Crippen LogP contribution in [0.5, 0.6) is 0 Å². The second-order valence-electron chi connectivity index (χ2n) is 5.85. The van der Waals surface area contributed by atoms with Gasteiger partial charge in [-0.25, -0.2) is 31.7 Å². The second-order valence-corrected chi connectivity index (χ2v) is 5.85. The first-order valence-corrected chi connectivity index (χ1v) is 6.94. The van der Waals surface area contributed by atoms with Gasteiger partial charge >= 0.3 is 11.4 Å². The molecule has 1 aromatic carbocycles. The molecule has 124 valence electrons. The molecule has 2 bridgehead atoms. The Bertz CT molecular complexity index is 1010. The summed E-state index contributed by atoms with van der Waals surface area (Å²) >= 11 is 0. The smallest absolute Gasteiger partial charge is 0.355 e. The van der Waals surface area contributed by atoms with E-state index in [-0.39, 0.29) is 15.1 Å². The number of nitrogens with zero attached hydrogens (tertiary/aromatic N) is 3. The first kappa shape index (κ1) is 13.8. The van der Waals surface area contributed by atoms with Gasteiger partial charge in [0.05, 0.1) is 12.3 Å². The van der Waals surface area contributed by atoms with Crippen molar-refractivity contribution < 1.29 is 22.3 Å². The minimum absolute atomic E-state index is 0.0140. The summed E-state index contributed by atoms with van der Waals surface area (Å²) < 4.78 is 63.9. The average Bonchev–Trinajstić information content (AvgIpc) is 3.29. The molecule has 3 atom stereocenters. The Morgan fingerprint density at radius 3 is 1.79 bits per heavy atom. The van der Waals surface area contributed by atoms with Crippen LogP contribution in [0.1, 0.15) is 0 Å². The molecule has 2 aliphatic heterocycles. The van der Waals surface area contributed by atoms with Crippen LogP contribution in [-0.2, 0) is 16.3 Å². The van der Waals surface area contributed by atoms with Crippen LogP contribution in [0.2, 0.25) is 0 Å². The molecule has 2 aromatic rings. The van der Waals surface area contributed by atoms with Gasteiger partial charge in [0.25, 0.3) is 11.6 Å². The number of hydrogen-bond acceptors (Lipinski definition) is 3. The minimum Gasteiger partial charge on any atom is -0.358 e. The average molecular weight is 341 g/mol. The van der Waals surface area contributed by atoms with Gasteiger partial charge in [0.15, 0.2) is 11.7 Å². The third-order valence-electron chi connectivity index (χ3n) is 4.82. The topological polar surface area (TPSA) is 61.5 Å². The van der Waals surface area contributed by atoms with E-state index in [1.807, 2.05) is 0 Å². The number of fused-ring (bicyclic) bond motifs is 3. The highest BCUT2D eigenvalue weighted by atomic mass is 19.2. The number of para-hydroxylation sites is 1. The summed E-state index contributed by atoms with van der Waals surface area (Å²) in [6.45, 7) is -0.667. The first-order chi connectivity index (χ1) is 11.3. The molecule has 1 aromatic heterocycles. The zero-order chi connectivity index (χ0) is 17.1. The maximum absolute atomic E-state index is 15.3. The zero-order valence-electron chi connectivity index (χ0n) is 11.7. The van der Waals surface area contributed by atoms with Gasteiger partial charge in [-0.3, -0.25) is 0 Å². The van der Waals surface area contributed by atoms with E-state index in [1.165, 1.54) is 24.3 Å². The predicted octanol–water partition coefficient (Wildman–Crippen LogP) is 0.992. The van der Waals surface area contributed by atoms with Crippen LogP contribution in [0.3, 0.4) is 0 Å². The molecule has 1 fully saturated rings.